The van der Waals surface area contributed by atoms with Crippen LogP contribution >= 0.6 is 0 Å². The van der Waals surface area contributed by atoms with Crippen molar-refractivity contribution in [1.29, 1.82) is 0 Å². The summed E-state index contributed by atoms with van der Waals surface area (Å²) < 4.78 is 25.9. The Kier molecular flexibility index (Phi) is 4.44. The van der Waals surface area contributed by atoms with E-state index in [1.165, 1.54) is 6.07 Å². The van der Waals surface area contributed by atoms with Gasteiger partial charge in [0.1, 0.15) is 0 Å². The smallest absolute Gasteiger partial charge is 0.254 e. The first-order valence-corrected chi connectivity index (χ1v) is 6.19. The zero-order valence-corrected chi connectivity index (χ0v) is 10.5. The molecule has 0 bridgehead atoms. The molecule has 2 rings (SSSR count). The lowest BCUT2D eigenvalue weighted by molar-refractivity contribution is 0.0614. The van der Waals surface area contributed by atoms with Gasteiger partial charge in [-0.25, -0.2) is 8.78 Å². The fourth-order valence-corrected chi connectivity index (χ4v) is 2.13. The second-order valence-corrected chi connectivity index (χ2v) is 4.49. The molecule has 1 aromatic carbocycles. The van der Waals surface area contributed by atoms with Gasteiger partial charge in [0, 0.05) is 38.3 Å². The second kappa shape index (κ2) is 6.08. The molecule has 1 aromatic rings. The number of aliphatic hydroxyl groups excluding tert-OH is 1. The average Bonchev–Trinajstić information content (AvgIpc) is 2.42. The summed E-state index contributed by atoms with van der Waals surface area (Å²) in [6, 6.07) is 3.18. The minimum absolute atomic E-state index is 0.0944. The largest absolute Gasteiger partial charge is 0.395 e. The van der Waals surface area contributed by atoms with Crippen LogP contribution in [-0.2, 0) is 0 Å². The molecule has 6 heteroatoms. The molecule has 0 atom stereocenters. The molecular formula is C13H16F2N2O2. The Morgan fingerprint density at radius 2 is 1.84 bits per heavy atom. The van der Waals surface area contributed by atoms with Gasteiger partial charge in [0.15, 0.2) is 11.6 Å². The molecule has 0 saturated carbocycles. The number of halogens is 2. The van der Waals surface area contributed by atoms with Gasteiger partial charge in [-0.2, -0.15) is 0 Å². The molecular weight excluding hydrogens is 254 g/mol. The van der Waals surface area contributed by atoms with Crippen LogP contribution in [0.15, 0.2) is 18.2 Å². The van der Waals surface area contributed by atoms with Crippen LogP contribution in [0.25, 0.3) is 0 Å². The molecule has 1 aliphatic rings. The van der Waals surface area contributed by atoms with Gasteiger partial charge in [0.2, 0.25) is 0 Å². The van der Waals surface area contributed by atoms with E-state index >= 15 is 0 Å². The maximum absolute atomic E-state index is 13.1. The van der Waals surface area contributed by atoms with Gasteiger partial charge in [0.05, 0.1) is 6.61 Å². The molecule has 19 heavy (non-hydrogen) atoms. The quantitative estimate of drug-likeness (QED) is 0.880. The first kappa shape index (κ1) is 13.9. The second-order valence-electron chi connectivity index (χ2n) is 4.49. The average molecular weight is 270 g/mol. The third-order valence-electron chi connectivity index (χ3n) is 3.24. The molecule has 0 aromatic heterocycles. The molecule has 0 spiro atoms. The zero-order chi connectivity index (χ0) is 13.8. The van der Waals surface area contributed by atoms with Crippen LogP contribution in [0.5, 0.6) is 0 Å². The summed E-state index contributed by atoms with van der Waals surface area (Å²) in [5.74, 6) is -2.25. The van der Waals surface area contributed by atoms with E-state index in [1.807, 2.05) is 0 Å². The van der Waals surface area contributed by atoms with Crippen LogP contribution in [0, 0.1) is 11.6 Å². The lowest BCUT2D eigenvalue weighted by atomic mass is 10.1. The number of piperazine rings is 1. The molecule has 0 radical (unpaired) electrons. The fraction of sp³-hybridized carbons (Fsp3) is 0.462. The molecule has 1 aliphatic heterocycles. The number of carbonyl (C=O) groups is 1. The van der Waals surface area contributed by atoms with Gasteiger partial charge in [-0.05, 0) is 18.2 Å². The number of amides is 1. The molecule has 1 saturated heterocycles. The van der Waals surface area contributed by atoms with E-state index in [1.54, 1.807) is 4.90 Å². The Labute approximate surface area is 110 Å². The van der Waals surface area contributed by atoms with E-state index in [4.69, 9.17) is 5.11 Å². The highest BCUT2D eigenvalue weighted by atomic mass is 19.2. The van der Waals surface area contributed by atoms with Crippen molar-refractivity contribution in [2.75, 3.05) is 39.3 Å². The normalized spacial score (nSPS) is 16.7. The summed E-state index contributed by atoms with van der Waals surface area (Å²) in [6.07, 6.45) is 0. The fourth-order valence-electron chi connectivity index (χ4n) is 2.13. The van der Waals surface area contributed by atoms with E-state index in [0.717, 1.165) is 12.1 Å². The minimum Gasteiger partial charge on any atom is -0.395 e. The van der Waals surface area contributed by atoms with Crippen LogP contribution in [0.4, 0.5) is 8.78 Å². The van der Waals surface area contributed by atoms with Crippen molar-refractivity contribution >= 4 is 5.91 Å². The number of hydrogen-bond donors (Lipinski definition) is 1. The Bertz CT molecular complexity index is 460. The molecule has 1 heterocycles. The first-order valence-electron chi connectivity index (χ1n) is 6.19. The Morgan fingerprint density at radius 1 is 1.16 bits per heavy atom. The number of benzene rings is 1. The summed E-state index contributed by atoms with van der Waals surface area (Å²) in [6.45, 7) is 3.09. The minimum atomic E-state index is -1.01. The van der Waals surface area contributed by atoms with Crippen molar-refractivity contribution in [2.24, 2.45) is 0 Å². The Morgan fingerprint density at radius 3 is 2.42 bits per heavy atom. The summed E-state index contributed by atoms with van der Waals surface area (Å²) >= 11 is 0. The molecule has 0 aliphatic carbocycles. The number of carbonyl (C=O) groups excluding carboxylic acids is 1. The summed E-state index contributed by atoms with van der Waals surface area (Å²) in [4.78, 5) is 15.8. The maximum Gasteiger partial charge on any atom is 0.254 e. The highest BCUT2D eigenvalue weighted by molar-refractivity contribution is 5.94. The van der Waals surface area contributed by atoms with Crippen LogP contribution < -0.4 is 0 Å². The van der Waals surface area contributed by atoms with E-state index < -0.39 is 11.6 Å². The summed E-state index contributed by atoms with van der Waals surface area (Å²) in [7, 11) is 0. The first-order chi connectivity index (χ1) is 9.11. The van der Waals surface area contributed by atoms with Crippen molar-refractivity contribution in [3.05, 3.63) is 35.4 Å². The van der Waals surface area contributed by atoms with Crippen LogP contribution in [0.1, 0.15) is 10.4 Å². The maximum atomic E-state index is 13.1. The standard InChI is InChI=1S/C13H16F2N2O2/c14-11-2-1-10(9-12(11)15)13(19)17-5-3-16(4-6-17)7-8-18/h1-2,9,18H,3-8H2. The number of aliphatic hydroxyl groups is 1. The molecule has 1 fully saturated rings. The highest BCUT2D eigenvalue weighted by Gasteiger charge is 2.22. The van der Waals surface area contributed by atoms with Crippen LogP contribution in [0.2, 0.25) is 0 Å². The third-order valence-corrected chi connectivity index (χ3v) is 3.24. The van der Waals surface area contributed by atoms with Gasteiger partial charge in [-0.1, -0.05) is 0 Å². The van der Waals surface area contributed by atoms with E-state index in [2.05, 4.69) is 4.90 Å². The van der Waals surface area contributed by atoms with Crippen LogP contribution in [0.3, 0.4) is 0 Å². The lowest BCUT2D eigenvalue weighted by Gasteiger charge is -2.34. The number of nitrogens with zero attached hydrogens (tertiary/aromatic N) is 2. The van der Waals surface area contributed by atoms with Gasteiger partial charge >= 0.3 is 0 Å². The van der Waals surface area contributed by atoms with Crippen molar-refractivity contribution in [3.8, 4) is 0 Å². The predicted molar refractivity (Wildman–Crippen MR) is 65.8 cm³/mol. The molecule has 104 valence electrons. The number of hydrogen-bond acceptors (Lipinski definition) is 3. The Hall–Kier alpha value is -1.53. The topological polar surface area (TPSA) is 43.8 Å². The molecule has 1 amide bonds. The summed E-state index contributed by atoms with van der Waals surface area (Å²) in [5, 5.41) is 8.83. The predicted octanol–water partition coefficient (Wildman–Crippen LogP) is 0.715. The zero-order valence-electron chi connectivity index (χ0n) is 10.5. The van der Waals surface area contributed by atoms with E-state index in [9.17, 15) is 13.6 Å². The third kappa shape index (κ3) is 3.27. The van der Waals surface area contributed by atoms with Gasteiger partial charge in [0.25, 0.3) is 5.91 Å². The van der Waals surface area contributed by atoms with E-state index in [0.29, 0.717) is 32.7 Å². The van der Waals surface area contributed by atoms with E-state index in [-0.39, 0.29) is 18.1 Å². The molecule has 0 unspecified atom stereocenters. The van der Waals surface area contributed by atoms with Gasteiger partial charge in [-0.15, -0.1) is 0 Å². The van der Waals surface area contributed by atoms with Crippen molar-refractivity contribution in [2.45, 2.75) is 0 Å². The Balaban J connectivity index is 1.99. The van der Waals surface area contributed by atoms with Crippen molar-refractivity contribution < 1.29 is 18.7 Å². The van der Waals surface area contributed by atoms with Gasteiger partial charge in [-0.3, -0.25) is 9.69 Å². The molecule has 4 nitrogen and oxygen atoms in total. The van der Waals surface area contributed by atoms with Crippen molar-refractivity contribution in [3.63, 3.8) is 0 Å². The van der Waals surface area contributed by atoms with Crippen LogP contribution in [-0.4, -0.2) is 60.1 Å². The lowest BCUT2D eigenvalue weighted by Crippen LogP contribution is -2.49. The monoisotopic (exact) mass is 270 g/mol. The number of β-amino-alcohol motifs (C(OH)–C–C–N with tert-alkyl or cyclic N) is 1. The SMILES string of the molecule is O=C(c1ccc(F)c(F)c1)N1CCN(CCO)CC1. The highest BCUT2D eigenvalue weighted by Crippen LogP contribution is 2.12. The molecule has 1 N–H and O–H groups in total. The van der Waals surface area contributed by atoms with Gasteiger partial charge < -0.3 is 10.0 Å². The van der Waals surface area contributed by atoms with Crippen molar-refractivity contribution in [1.82, 2.24) is 9.80 Å². The summed E-state index contributed by atoms with van der Waals surface area (Å²) in [5.41, 5.74) is 0.162. The number of rotatable bonds is 3.